The van der Waals surface area contributed by atoms with Gasteiger partial charge >= 0.3 is 0 Å². The van der Waals surface area contributed by atoms with Gasteiger partial charge in [0.15, 0.2) is 17.7 Å². The van der Waals surface area contributed by atoms with Crippen molar-refractivity contribution in [3.63, 3.8) is 0 Å². The molecule has 1 aromatic carbocycles. The number of carbonyl (C=O) groups excluding carboxylic acids is 2. The first-order valence-corrected chi connectivity index (χ1v) is 10.9. The summed E-state index contributed by atoms with van der Waals surface area (Å²) in [6.45, 7) is 0.103. The Kier molecular flexibility index (Phi) is 4.20. The Morgan fingerprint density at radius 1 is 1.19 bits per heavy atom. The second-order valence-corrected chi connectivity index (χ2v) is 8.96. The standard InChI is InChI=1S/C23H22FN3O5/c24-12-3-1-11(2-4-12)10-25-21(30)17-15-7-8-16-23-26(13-5-6-14(9-13)32-23)22(31)18(27(15)16)20(29)19(17)28/h1-4,13-14,16,23,29H,5-10H2,(H,25,30). The molecule has 0 radical (unpaired) electrons. The molecule has 2 aromatic rings. The van der Waals surface area contributed by atoms with E-state index < -0.39 is 29.2 Å². The van der Waals surface area contributed by atoms with Gasteiger partial charge in [-0.1, -0.05) is 12.1 Å². The fourth-order valence-corrected chi connectivity index (χ4v) is 5.78. The number of ether oxygens (including phenoxy) is 1. The highest BCUT2D eigenvalue weighted by atomic mass is 19.1. The number of fused-ring (bicyclic) bond motifs is 5. The van der Waals surface area contributed by atoms with Gasteiger partial charge in [0.1, 0.15) is 11.4 Å². The largest absolute Gasteiger partial charge is 0.503 e. The summed E-state index contributed by atoms with van der Waals surface area (Å²) in [5.41, 5.74) is 0.119. The lowest BCUT2D eigenvalue weighted by atomic mass is 10.0. The van der Waals surface area contributed by atoms with Crippen LogP contribution < -0.4 is 10.7 Å². The molecule has 8 nitrogen and oxygen atoms in total. The summed E-state index contributed by atoms with van der Waals surface area (Å²) in [6.07, 6.45) is 3.23. The molecule has 1 aromatic heterocycles. The van der Waals surface area contributed by atoms with Crippen LogP contribution in [-0.2, 0) is 17.7 Å². The van der Waals surface area contributed by atoms with Crippen LogP contribution in [0, 0.1) is 5.82 Å². The monoisotopic (exact) mass is 439 g/mol. The fourth-order valence-electron chi connectivity index (χ4n) is 5.78. The number of amides is 2. The van der Waals surface area contributed by atoms with E-state index in [2.05, 4.69) is 5.32 Å². The molecule has 3 aliphatic heterocycles. The zero-order chi connectivity index (χ0) is 22.1. The molecule has 6 rings (SSSR count). The van der Waals surface area contributed by atoms with E-state index in [4.69, 9.17) is 4.74 Å². The minimum Gasteiger partial charge on any atom is -0.503 e. The van der Waals surface area contributed by atoms with Gasteiger partial charge < -0.3 is 24.6 Å². The van der Waals surface area contributed by atoms with E-state index in [9.17, 15) is 23.9 Å². The third kappa shape index (κ3) is 2.67. The van der Waals surface area contributed by atoms with Crippen molar-refractivity contribution < 1.29 is 23.8 Å². The number of nitrogens with zero attached hydrogens (tertiary/aromatic N) is 2. The first-order chi connectivity index (χ1) is 15.4. The number of hydrogen-bond donors (Lipinski definition) is 2. The number of benzene rings is 1. The highest BCUT2D eigenvalue weighted by molar-refractivity contribution is 6.00. The number of carbonyl (C=O) groups is 2. The lowest BCUT2D eigenvalue weighted by Crippen LogP contribution is -2.58. The van der Waals surface area contributed by atoms with Crippen LogP contribution in [0.15, 0.2) is 29.1 Å². The molecule has 2 N–H and O–H groups in total. The lowest BCUT2D eigenvalue weighted by Gasteiger charge is -2.47. The van der Waals surface area contributed by atoms with Gasteiger partial charge in [-0.25, -0.2) is 4.39 Å². The summed E-state index contributed by atoms with van der Waals surface area (Å²) in [5.74, 6) is -2.10. The Hall–Kier alpha value is -3.20. The van der Waals surface area contributed by atoms with E-state index in [1.54, 1.807) is 21.6 Å². The van der Waals surface area contributed by atoms with Crippen molar-refractivity contribution in [2.24, 2.45) is 0 Å². The minimum absolute atomic E-state index is 0.0345. The van der Waals surface area contributed by atoms with Crippen LogP contribution in [0.5, 0.6) is 5.75 Å². The lowest BCUT2D eigenvalue weighted by molar-refractivity contribution is -0.147. The molecule has 4 heterocycles. The molecular formula is C23H22FN3O5. The van der Waals surface area contributed by atoms with Crippen LogP contribution in [0.25, 0.3) is 0 Å². The average molecular weight is 439 g/mol. The molecule has 166 valence electrons. The Labute approximate surface area is 182 Å². The van der Waals surface area contributed by atoms with Crippen molar-refractivity contribution >= 4 is 11.8 Å². The van der Waals surface area contributed by atoms with E-state index in [1.807, 2.05) is 0 Å². The second-order valence-electron chi connectivity index (χ2n) is 8.96. The molecular weight excluding hydrogens is 417 g/mol. The third-order valence-corrected chi connectivity index (χ3v) is 7.21. The van der Waals surface area contributed by atoms with E-state index in [1.165, 1.54) is 12.1 Å². The Morgan fingerprint density at radius 2 is 1.97 bits per heavy atom. The summed E-state index contributed by atoms with van der Waals surface area (Å²) >= 11 is 0. The first-order valence-electron chi connectivity index (χ1n) is 10.9. The predicted octanol–water partition coefficient (Wildman–Crippen LogP) is 1.84. The van der Waals surface area contributed by atoms with Gasteiger partial charge in [0.05, 0.1) is 12.1 Å². The third-order valence-electron chi connectivity index (χ3n) is 7.21. The SMILES string of the molecule is O=C(NCc1ccc(F)cc1)c1c2n3c(c(O)c1=O)C(=O)N1C4CCC(C4)OC1C3CC2. The van der Waals surface area contributed by atoms with E-state index in [0.717, 1.165) is 19.3 Å². The van der Waals surface area contributed by atoms with Gasteiger partial charge in [-0.05, 0) is 49.8 Å². The van der Waals surface area contributed by atoms with E-state index >= 15 is 0 Å². The molecule has 2 fully saturated rings. The minimum atomic E-state index is -0.836. The number of aromatic nitrogens is 1. The van der Waals surface area contributed by atoms with Crippen molar-refractivity contribution in [3.05, 3.63) is 62.8 Å². The highest BCUT2D eigenvalue weighted by Gasteiger charge is 2.53. The van der Waals surface area contributed by atoms with Gasteiger partial charge in [-0.15, -0.1) is 0 Å². The van der Waals surface area contributed by atoms with Crippen molar-refractivity contribution in [2.75, 3.05) is 0 Å². The van der Waals surface area contributed by atoms with Gasteiger partial charge in [-0.3, -0.25) is 14.4 Å². The Morgan fingerprint density at radius 3 is 2.75 bits per heavy atom. The number of hydrogen-bond acceptors (Lipinski definition) is 5. The smallest absolute Gasteiger partial charge is 0.276 e. The van der Waals surface area contributed by atoms with Gasteiger partial charge in [-0.2, -0.15) is 0 Å². The quantitative estimate of drug-likeness (QED) is 0.760. The molecule has 4 unspecified atom stereocenters. The molecule has 2 bridgehead atoms. The molecule has 32 heavy (non-hydrogen) atoms. The number of pyridine rings is 1. The zero-order valence-corrected chi connectivity index (χ0v) is 17.2. The Bertz CT molecular complexity index is 1210. The molecule has 0 spiro atoms. The first kappa shape index (κ1) is 19.5. The maximum Gasteiger partial charge on any atom is 0.276 e. The van der Waals surface area contributed by atoms with Crippen LogP contribution in [0.2, 0.25) is 0 Å². The molecule has 4 atom stereocenters. The number of rotatable bonds is 3. The van der Waals surface area contributed by atoms with Crippen LogP contribution in [0.3, 0.4) is 0 Å². The van der Waals surface area contributed by atoms with Crippen molar-refractivity contribution in [2.45, 2.75) is 63.1 Å². The Balaban J connectivity index is 1.39. The van der Waals surface area contributed by atoms with Gasteiger partial charge in [0, 0.05) is 18.3 Å². The molecule has 2 amide bonds. The zero-order valence-electron chi connectivity index (χ0n) is 17.2. The summed E-state index contributed by atoms with van der Waals surface area (Å²) in [5, 5.41) is 13.4. The van der Waals surface area contributed by atoms with Crippen molar-refractivity contribution in [1.82, 2.24) is 14.8 Å². The number of nitrogens with one attached hydrogen (secondary N) is 1. The van der Waals surface area contributed by atoms with Gasteiger partial charge in [0.2, 0.25) is 5.43 Å². The number of halogens is 1. The number of aromatic hydroxyl groups is 1. The highest BCUT2D eigenvalue weighted by Crippen LogP contribution is 2.47. The summed E-state index contributed by atoms with van der Waals surface area (Å²) in [4.78, 5) is 41.1. The van der Waals surface area contributed by atoms with Crippen LogP contribution >= 0.6 is 0 Å². The molecule has 4 aliphatic rings. The molecule has 9 heteroatoms. The van der Waals surface area contributed by atoms with E-state index in [0.29, 0.717) is 24.1 Å². The fraction of sp³-hybridized carbons (Fsp3) is 0.435. The molecule has 1 aliphatic carbocycles. The topological polar surface area (TPSA) is 101 Å². The van der Waals surface area contributed by atoms with Crippen molar-refractivity contribution in [1.29, 1.82) is 0 Å². The predicted molar refractivity (Wildman–Crippen MR) is 110 cm³/mol. The second kappa shape index (κ2) is 6.90. The maximum absolute atomic E-state index is 13.4. The summed E-state index contributed by atoms with van der Waals surface area (Å²) in [6, 6.07) is 5.49. The van der Waals surface area contributed by atoms with Gasteiger partial charge in [0.25, 0.3) is 11.8 Å². The van der Waals surface area contributed by atoms with Crippen LogP contribution in [-0.4, -0.2) is 44.8 Å². The van der Waals surface area contributed by atoms with E-state index in [-0.39, 0.29) is 41.8 Å². The maximum atomic E-state index is 13.4. The normalized spacial score (nSPS) is 27.3. The van der Waals surface area contributed by atoms with Crippen molar-refractivity contribution in [3.8, 4) is 5.75 Å². The summed E-state index contributed by atoms with van der Waals surface area (Å²) in [7, 11) is 0. The molecule has 1 saturated heterocycles. The summed E-state index contributed by atoms with van der Waals surface area (Å²) < 4.78 is 21.0. The molecule has 1 saturated carbocycles. The van der Waals surface area contributed by atoms with Crippen LogP contribution in [0.4, 0.5) is 4.39 Å². The average Bonchev–Trinajstić information content (AvgIpc) is 3.37. The van der Waals surface area contributed by atoms with Crippen LogP contribution in [0.1, 0.15) is 63.8 Å².